The third-order valence-electron chi connectivity index (χ3n) is 4.92. The van der Waals surface area contributed by atoms with Gasteiger partial charge in [-0.2, -0.15) is 4.98 Å². The van der Waals surface area contributed by atoms with Crippen LogP contribution in [0.5, 0.6) is 0 Å². The fourth-order valence-electron chi connectivity index (χ4n) is 3.24. The minimum Gasteiger partial charge on any atom is -0.378 e. The molecule has 3 heterocycles. The number of benzene rings is 1. The van der Waals surface area contributed by atoms with Crippen LogP contribution < -0.4 is 10.6 Å². The first-order chi connectivity index (χ1) is 12.4. The monoisotopic (exact) mass is 367 g/mol. The minimum absolute atomic E-state index is 0.257. The number of hydrogen-bond acceptors (Lipinski definition) is 7. The van der Waals surface area contributed by atoms with Gasteiger partial charge in [0.1, 0.15) is 16.4 Å². The normalized spacial score (nSPS) is 15.8. The van der Waals surface area contributed by atoms with E-state index in [2.05, 4.69) is 25.9 Å². The Balaban J connectivity index is 1.76. The Bertz CT molecular complexity index is 962. The van der Waals surface area contributed by atoms with Crippen molar-refractivity contribution in [2.75, 3.05) is 17.2 Å². The number of aromatic nitrogens is 3. The summed E-state index contributed by atoms with van der Waals surface area (Å²) in [6.07, 6.45) is 2.59. The molecule has 0 aliphatic carbocycles. The Morgan fingerprint density at radius 2 is 2.04 bits per heavy atom. The van der Waals surface area contributed by atoms with Crippen LogP contribution in [0.1, 0.15) is 33.6 Å². The van der Waals surface area contributed by atoms with Crippen molar-refractivity contribution < 1.29 is 5.11 Å². The van der Waals surface area contributed by atoms with Crippen molar-refractivity contribution in [3.05, 3.63) is 57.2 Å². The highest BCUT2D eigenvalue weighted by molar-refractivity contribution is 7.11. The van der Waals surface area contributed by atoms with Gasteiger partial charge in [0.15, 0.2) is 0 Å². The van der Waals surface area contributed by atoms with Crippen LogP contribution in [0.3, 0.4) is 0 Å². The number of aliphatic hydroxyl groups is 1. The first-order valence-corrected chi connectivity index (χ1v) is 9.34. The van der Waals surface area contributed by atoms with Crippen LogP contribution in [-0.2, 0) is 12.0 Å². The lowest BCUT2D eigenvalue weighted by Crippen LogP contribution is -2.23. The summed E-state index contributed by atoms with van der Waals surface area (Å²) in [6, 6.07) is 7.95. The summed E-state index contributed by atoms with van der Waals surface area (Å²) in [6.45, 7) is 6.62. The van der Waals surface area contributed by atoms with Crippen molar-refractivity contribution in [1.29, 1.82) is 0 Å². The van der Waals surface area contributed by atoms with Gasteiger partial charge in [-0.25, -0.2) is 9.97 Å². The maximum atomic E-state index is 11.2. The molecular weight excluding hydrogens is 346 g/mol. The highest BCUT2D eigenvalue weighted by Crippen LogP contribution is 2.39. The molecule has 1 aliphatic heterocycles. The van der Waals surface area contributed by atoms with Crippen molar-refractivity contribution in [2.24, 2.45) is 0 Å². The van der Waals surface area contributed by atoms with Crippen LogP contribution in [0.15, 0.2) is 30.5 Å². The van der Waals surface area contributed by atoms with Crippen LogP contribution in [0, 0.1) is 13.8 Å². The smallest absolute Gasteiger partial charge is 0.221 e. The summed E-state index contributed by atoms with van der Waals surface area (Å²) in [5.74, 6) is 1.03. The zero-order valence-corrected chi connectivity index (χ0v) is 15.8. The summed E-state index contributed by atoms with van der Waals surface area (Å²) in [5.41, 5.74) is 8.66. The molecule has 0 fully saturated rings. The maximum absolute atomic E-state index is 11.2. The fraction of sp³-hybridized carbons (Fsp3) is 0.316. The van der Waals surface area contributed by atoms with Crippen molar-refractivity contribution in [3.63, 3.8) is 0 Å². The van der Waals surface area contributed by atoms with Crippen molar-refractivity contribution >= 4 is 28.8 Å². The SMILES string of the molecule is Cc1nc(C(C)(O)c2ccc3c(c2)N(c2ccnc(N)n2)CC3)sc1C. The highest BCUT2D eigenvalue weighted by Gasteiger charge is 2.32. The lowest BCUT2D eigenvalue weighted by molar-refractivity contribution is 0.102. The Morgan fingerprint density at radius 1 is 1.23 bits per heavy atom. The number of nitrogen functional groups attached to an aromatic ring is 1. The number of thiazole rings is 1. The molecule has 1 aliphatic rings. The molecule has 6 nitrogen and oxygen atoms in total. The number of anilines is 3. The van der Waals surface area contributed by atoms with Crippen LogP contribution in [-0.4, -0.2) is 26.6 Å². The molecule has 0 radical (unpaired) electrons. The number of hydrogen-bond donors (Lipinski definition) is 2. The number of nitrogens with two attached hydrogens (primary N) is 1. The second kappa shape index (κ2) is 6.03. The molecule has 4 rings (SSSR count). The molecule has 0 saturated carbocycles. The Labute approximate surface area is 156 Å². The highest BCUT2D eigenvalue weighted by atomic mass is 32.1. The van der Waals surface area contributed by atoms with Gasteiger partial charge in [0, 0.05) is 23.3 Å². The molecule has 0 spiro atoms. The molecule has 7 heteroatoms. The summed E-state index contributed by atoms with van der Waals surface area (Å²) < 4.78 is 0. The molecule has 0 amide bonds. The van der Waals surface area contributed by atoms with E-state index in [1.54, 1.807) is 13.1 Å². The zero-order chi connectivity index (χ0) is 18.5. The van der Waals surface area contributed by atoms with Gasteiger partial charge in [-0.05, 0) is 50.5 Å². The van der Waals surface area contributed by atoms with Crippen molar-refractivity contribution in [1.82, 2.24) is 15.0 Å². The third-order valence-corrected chi connectivity index (χ3v) is 6.21. The third kappa shape index (κ3) is 2.73. The second-order valence-electron chi connectivity index (χ2n) is 6.75. The van der Waals surface area contributed by atoms with Gasteiger partial charge < -0.3 is 15.7 Å². The molecule has 26 heavy (non-hydrogen) atoms. The molecule has 3 N–H and O–H groups in total. The van der Waals surface area contributed by atoms with Gasteiger partial charge in [-0.1, -0.05) is 12.1 Å². The van der Waals surface area contributed by atoms with Gasteiger partial charge in [-0.3, -0.25) is 0 Å². The van der Waals surface area contributed by atoms with Crippen molar-refractivity contribution in [2.45, 2.75) is 32.8 Å². The maximum Gasteiger partial charge on any atom is 0.221 e. The van der Waals surface area contributed by atoms with Gasteiger partial charge in [-0.15, -0.1) is 11.3 Å². The Morgan fingerprint density at radius 3 is 2.73 bits per heavy atom. The van der Waals surface area contributed by atoms with Crippen LogP contribution >= 0.6 is 11.3 Å². The van der Waals surface area contributed by atoms with E-state index >= 15 is 0 Å². The number of nitrogens with zero attached hydrogens (tertiary/aromatic N) is 4. The average Bonchev–Trinajstić information content (AvgIpc) is 3.18. The van der Waals surface area contributed by atoms with Gasteiger partial charge in [0.05, 0.1) is 5.69 Å². The predicted octanol–water partition coefficient (Wildman–Crippen LogP) is 3.08. The fourth-order valence-corrected chi connectivity index (χ4v) is 4.22. The number of aryl methyl sites for hydroxylation is 2. The van der Waals surface area contributed by atoms with E-state index in [4.69, 9.17) is 5.73 Å². The van der Waals surface area contributed by atoms with Crippen LogP contribution in [0.4, 0.5) is 17.5 Å². The van der Waals surface area contributed by atoms with E-state index in [0.29, 0.717) is 5.01 Å². The molecular formula is C19H21N5OS. The largest absolute Gasteiger partial charge is 0.378 e. The predicted molar refractivity (Wildman–Crippen MR) is 104 cm³/mol. The summed E-state index contributed by atoms with van der Waals surface area (Å²) in [7, 11) is 0. The molecule has 0 saturated heterocycles. The topological polar surface area (TPSA) is 88.2 Å². The van der Waals surface area contributed by atoms with E-state index < -0.39 is 5.60 Å². The second-order valence-corrected chi connectivity index (χ2v) is 7.95. The quantitative estimate of drug-likeness (QED) is 0.740. The Hall–Kier alpha value is -2.51. The van der Waals surface area contributed by atoms with Crippen molar-refractivity contribution in [3.8, 4) is 0 Å². The van der Waals surface area contributed by atoms with E-state index in [0.717, 1.165) is 40.6 Å². The lowest BCUT2D eigenvalue weighted by Gasteiger charge is -2.24. The lowest BCUT2D eigenvalue weighted by atomic mass is 9.94. The first kappa shape index (κ1) is 16.9. The van der Waals surface area contributed by atoms with E-state index in [9.17, 15) is 5.11 Å². The summed E-state index contributed by atoms with van der Waals surface area (Å²) in [5, 5.41) is 11.9. The molecule has 2 aromatic heterocycles. The van der Waals surface area contributed by atoms with Gasteiger partial charge in [0.25, 0.3) is 0 Å². The van der Waals surface area contributed by atoms with Gasteiger partial charge >= 0.3 is 0 Å². The number of fused-ring (bicyclic) bond motifs is 1. The minimum atomic E-state index is -1.14. The average molecular weight is 367 g/mol. The van der Waals surface area contributed by atoms with E-state index in [-0.39, 0.29) is 5.95 Å². The standard InChI is InChI=1S/C19H21N5OS/c1-11-12(2)26-17(22-11)19(3,25)14-5-4-13-7-9-24(15(13)10-14)16-6-8-21-18(20)23-16/h4-6,8,10,25H,7,9H2,1-3H3,(H2,20,21,23). The molecule has 1 unspecified atom stereocenters. The molecule has 1 atom stereocenters. The van der Waals surface area contributed by atoms with Gasteiger partial charge in [0.2, 0.25) is 5.95 Å². The number of rotatable bonds is 3. The molecule has 134 valence electrons. The van der Waals surface area contributed by atoms with E-state index in [1.165, 1.54) is 16.9 Å². The van der Waals surface area contributed by atoms with Crippen LogP contribution in [0.2, 0.25) is 0 Å². The first-order valence-electron chi connectivity index (χ1n) is 8.52. The summed E-state index contributed by atoms with van der Waals surface area (Å²) in [4.78, 5) is 16.1. The molecule has 3 aromatic rings. The molecule has 0 bridgehead atoms. The van der Waals surface area contributed by atoms with Crippen LogP contribution in [0.25, 0.3) is 0 Å². The zero-order valence-electron chi connectivity index (χ0n) is 15.0. The van der Waals surface area contributed by atoms with E-state index in [1.807, 2.05) is 32.0 Å². The Kier molecular flexibility index (Phi) is 3.93. The summed E-state index contributed by atoms with van der Waals surface area (Å²) >= 11 is 1.54. The molecule has 1 aromatic carbocycles.